The molecule has 0 aliphatic heterocycles. The van der Waals surface area contributed by atoms with E-state index in [1.165, 1.54) is 13.8 Å². The smallest absolute Gasteiger partial charge is 0.223 e. The Morgan fingerprint density at radius 3 is 2.14 bits per heavy atom. The van der Waals surface area contributed by atoms with E-state index < -0.39 is 0 Å². The quantitative estimate of drug-likeness (QED) is 0.684. The molecular weight excluding hydrogens is 182 g/mol. The van der Waals surface area contributed by atoms with E-state index in [0.717, 1.165) is 0 Å². The first-order valence-electron chi connectivity index (χ1n) is 4.70. The average Bonchev–Trinajstić information content (AvgIpc) is 2.09. The Morgan fingerprint density at radius 2 is 1.71 bits per heavy atom. The van der Waals surface area contributed by atoms with Crippen molar-refractivity contribution < 1.29 is 14.4 Å². The molecule has 1 atom stereocenters. The van der Waals surface area contributed by atoms with Gasteiger partial charge in [-0.15, -0.1) is 0 Å². The summed E-state index contributed by atoms with van der Waals surface area (Å²) < 4.78 is 0. The second-order valence-electron chi connectivity index (χ2n) is 3.56. The van der Waals surface area contributed by atoms with Gasteiger partial charge in [0.2, 0.25) is 5.91 Å². The third-order valence-corrected chi connectivity index (χ3v) is 1.89. The summed E-state index contributed by atoms with van der Waals surface area (Å²) in [5.74, 6) is -0.368. The van der Waals surface area contributed by atoms with E-state index in [-0.39, 0.29) is 29.9 Å². The van der Waals surface area contributed by atoms with Crippen LogP contribution >= 0.6 is 0 Å². The number of nitrogens with one attached hydrogen (secondary N) is 1. The van der Waals surface area contributed by atoms with Gasteiger partial charge in [-0.3, -0.25) is 9.59 Å². The minimum Gasteiger partial charge on any atom is -0.349 e. The van der Waals surface area contributed by atoms with Gasteiger partial charge in [0.15, 0.2) is 0 Å². The number of Topliss-reactive ketones (excluding diaryl/α,β-unsaturated/α-hetero) is 2. The van der Waals surface area contributed by atoms with Crippen molar-refractivity contribution in [2.45, 2.75) is 33.6 Å². The van der Waals surface area contributed by atoms with Crippen LogP contribution in [0.5, 0.6) is 0 Å². The Labute approximate surface area is 84.1 Å². The third kappa shape index (κ3) is 6.34. The van der Waals surface area contributed by atoms with Crippen LogP contribution in [0.25, 0.3) is 0 Å². The van der Waals surface area contributed by atoms with Gasteiger partial charge in [0.1, 0.15) is 11.6 Å². The third-order valence-electron chi connectivity index (χ3n) is 1.89. The highest BCUT2D eigenvalue weighted by Gasteiger charge is 2.13. The molecule has 0 saturated heterocycles. The Morgan fingerprint density at radius 1 is 1.14 bits per heavy atom. The van der Waals surface area contributed by atoms with Gasteiger partial charge in [0.05, 0.1) is 6.54 Å². The molecule has 0 bridgehead atoms. The number of amides is 1. The van der Waals surface area contributed by atoms with Gasteiger partial charge in [0.25, 0.3) is 0 Å². The van der Waals surface area contributed by atoms with E-state index in [4.69, 9.17) is 0 Å². The molecule has 0 aromatic rings. The first kappa shape index (κ1) is 12.8. The van der Waals surface area contributed by atoms with E-state index in [0.29, 0.717) is 12.8 Å². The summed E-state index contributed by atoms with van der Waals surface area (Å²) in [5, 5.41) is 2.51. The highest BCUT2D eigenvalue weighted by molar-refractivity contribution is 5.85. The monoisotopic (exact) mass is 199 g/mol. The Bertz CT molecular complexity index is 236. The van der Waals surface area contributed by atoms with E-state index in [1.807, 2.05) is 0 Å². The molecule has 80 valence electrons. The van der Waals surface area contributed by atoms with Crippen LogP contribution in [0.1, 0.15) is 33.6 Å². The molecule has 1 amide bonds. The van der Waals surface area contributed by atoms with Crippen molar-refractivity contribution in [3.8, 4) is 0 Å². The summed E-state index contributed by atoms with van der Waals surface area (Å²) in [4.78, 5) is 32.5. The van der Waals surface area contributed by atoms with E-state index in [2.05, 4.69) is 5.32 Å². The van der Waals surface area contributed by atoms with Crippen LogP contribution in [0.15, 0.2) is 0 Å². The predicted molar refractivity (Wildman–Crippen MR) is 52.8 cm³/mol. The summed E-state index contributed by atoms with van der Waals surface area (Å²) in [7, 11) is 0. The molecule has 0 rings (SSSR count). The molecule has 0 aromatic heterocycles. The number of carbonyl (C=O) groups is 3. The number of carbonyl (C=O) groups excluding carboxylic acids is 3. The highest BCUT2D eigenvalue weighted by atomic mass is 16.2. The zero-order chi connectivity index (χ0) is 11.1. The van der Waals surface area contributed by atoms with Crippen molar-refractivity contribution in [1.82, 2.24) is 5.32 Å². The Kier molecular flexibility index (Phi) is 5.76. The minimum atomic E-state index is -0.210. The standard InChI is InChI=1S/C10H17NO3/c1-7(4-5-8(2)12)10(14)11-6-9(3)13/h7H,4-6H2,1-3H3,(H,11,14)/t7-/m0/s1. The number of hydrogen-bond acceptors (Lipinski definition) is 3. The number of ketones is 2. The predicted octanol–water partition coefficient (Wildman–Crippen LogP) is 0.697. The zero-order valence-corrected chi connectivity index (χ0v) is 8.92. The molecule has 0 radical (unpaired) electrons. The van der Waals surface area contributed by atoms with Gasteiger partial charge in [0, 0.05) is 12.3 Å². The fourth-order valence-corrected chi connectivity index (χ4v) is 0.937. The maximum absolute atomic E-state index is 11.3. The van der Waals surface area contributed by atoms with Gasteiger partial charge in [-0.25, -0.2) is 0 Å². The van der Waals surface area contributed by atoms with Crippen molar-refractivity contribution in [3.63, 3.8) is 0 Å². The van der Waals surface area contributed by atoms with Crippen LogP contribution in [0.2, 0.25) is 0 Å². The van der Waals surface area contributed by atoms with E-state index in [1.54, 1.807) is 6.92 Å². The largest absolute Gasteiger partial charge is 0.349 e. The molecule has 4 nitrogen and oxygen atoms in total. The molecule has 0 aliphatic rings. The van der Waals surface area contributed by atoms with Crippen LogP contribution < -0.4 is 5.32 Å². The molecular formula is C10H17NO3. The maximum atomic E-state index is 11.3. The van der Waals surface area contributed by atoms with Gasteiger partial charge in [-0.05, 0) is 20.3 Å². The lowest BCUT2D eigenvalue weighted by Gasteiger charge is -2.09. The van der Waals surface area contributed by atoms with Crippen molar-refractivity contribution in [2.75, 3.05) is 6.54 Å². The first-order valence-corrected chi connectivity index (χ1v) is 4.70. The van der Waals surface area contributed by atoms with Crippen LogP contribution in [0, 0.1) is 5.92 Å². The van der Waals surface area contributed by atoms with Gasteiger partial charge in [-0.2, -0.15) is 0 Å². The van der Waals surface area contributed by atoms with E-state index >= 15 is 0 Å². The molecule has 14 heavy (non-hydrogen) atoms. The molecule has 1 N–H and O–H groups in total. The summed E-state index contributed by atoms with van der Waals surface area (Å²) in [6, 6.07) is 0. The molecule has 0 fully saturated rings. The highest BCUT2D eigenvalue weighted by Crippen LogP contribution is 2.05. The first-order chi connectivity index (χ1) is 6.43. The maximum Gasteiger partial charge on any atom is 0.223 e. The summed E-state index contributed by atoms with van der Waals surface area (Å²) in [6.07, 6.45) is 0.952. The molecule has 4 heteroatoms. The van der Waals surface area contributed by atoms with Crippen LogP contribution in [0.3, 0.4) is 0 Å². The van der Waals surface area contributed by atoms with Crippen molar-refractivity contribution in [1.29, 1.82) is 0 Å². The van der Waals surface area contributed by atoms with Crippen molar-refractivity contribution in [2.24, 2.45) is 5.92 Å². The molecule has 0 aromatic carbocycles. The number of rotatable bonds is 6. The Hall–Kier alpha value is -1.19. The lowest BCUT2D eigenvalue weighted by Crippen LogP contribution is -2.32. The fourth-order valence-electron chi connectivity index (χ4n) is 0.937. The zero-order valence-electron chi connectivity index (χ0n) is 8.92. The van der Waals surface area contributed by atoms with E-state index in [9.17, 15) is 14.4 Å². The molecule has 0 unspecified atom stereocenters. The normalized spacial score (nSPS) is 11.9. The topological polar surface area (TPSA) is 63.2 Å². The molecule has 0 spiro atoms. The molecule has 0 heterocycles. The summed E-state index contributed by atoms with van der Waals surface area (Å²) in [6.45, 7) is 4.74. The lowest BCUT2D eigenvalue weighted by molar-refractivity contribution is -0.127. The van der Waals surface area contributed by atoms with Crippen molar-refractivity contribution in [3.05, 3.63) is 0 Å². The second-order valence-corrected chi connectivity index (χ2v) is 3.56. The lowest BCUT2D eigenvalue weighted by atomic mass is 10.0. The molecule has 0 aliphatic carbocycles. The summed E-state index contributed by atoms with van der Waals surface area (Å²) >= 11 is 0. The Balaban J connectivity index is 3.76. The summed E-state index contributed by atoms with van der Waals surface area (Å²) in [5.41, 5.74) is 0. The van der Waals surface area contributed by atoms with Gasteiger partial charge < -0.3 is 10.1 Å². The van der Waals surface area contributed by atoms with Gasteiger partial charge in [-0.1, -0.05) is 6.92 Å². The van der Waals surface area contributed by atoms with Gasteiger partial charge >= 0.3 is 0 Å². The van der Waals surface area contributed by atoms with Crippen LogP contribution in [-0.4, -0.2) is 24.0 Å². The van der Waals surface area contributed by atoms with Crippen LogP contribution in [-0.2, 0) is 14.4 Å². The van der Waals surface area contributed by atoms with Crippen molar-refractivity contribution >= 4 is 17.5 Å². The SMILES string of the molecule is CC(=O)CC[C@H](C)C(=O)NCC(C)=O. The number of hydrogen-bond donors (Lipinski definition) is 1. The van der Waals surface area contributed by atoms with Crippen LogP contribution in [0.4, 0.5) is 0 Å². The molecule has 0 saturated carbocycles. The minimum absolute atomic E-state index is 0.0721. The average molecular weight is 199 g/mol. The second kappa shape index (κ2) is 6.29. The fraction of sp³-hybridized carbons (Fsp3) is 0.700.